The quantitative estimate of drug-likeness (QED) is 0.310. The van der Waals surface area contributed by atoms with E-state index in [1.807, 2.05) is 14.0 Å². The maximum atomic E-state index is 12.1. The molecule has 2 aromatic rings. The Kier molecular flexibility index (Phi) is 9.27. The van der Waals surface area contributed by atoms with Gasteiger partial charge in [0.25, 0.3) is 0 Å². The van der Waals surface area contributed by atoms with Gasteiger partial charge < -0.3 is 15.6 Å². The first-order chi connectivity index (χ1) is 13.1. The Bertz CT molecular complexity index is 820. The van der Waals surface area contributed by atoms with Gasteiger partial charge >= 0.3 is 0 Å². The largest absolute Gasteiger partial charge is 0.361 e. The topological polar surface area (TPSA) is 69.3 Å². The van der Waals surface area contributed by atoms with Crippen molar-refractivity contribution in [2.24, 2.45) is 4.99 Å². The van der Waals surface area contributed by atoms with Crippen molar-refractivity contribution in [1.29, 1.82) is 0 Å². The minimum Gasteiger partial charge on any atom is -0.361 e. The molecule has 5 nitrogen and oxygen atoms in total. The highest BCUT2D eigenvalue weighted by molar-refractivity contribution is 14.0. The molecule has 3 unspecified atom stereocenters. The van der Waals surface area contributed by atoms with E-state index in [9.17, 15) is 4.21 Å². The van der Waals surface area contributed by atoms with Crippen LogP contribution in [0.25, 0.3) is 10.9 Å². The van der Waals surface area contributed by atoms with Crippen LogP contribution >= 0.6 is 24.0 Å². The molecular weight excluding hydrogens is 483 g/mol. The fourth-order valence-corrected chi connectivity index (χ4v) is 5.31. The molecule has 0 radical (unpaired) electrons. The summed E-state index contributed by atoms with van der Waals surface area (Å²) < 4.78 is 12.1. The summed E-state index contributed by atoms with van der Waals surface area (Å²) in [6, 6.07) is 6.90. The van der Waals surface area contributed by atoms with E-state index in [1.165, 1.54) is 22.0 Å². The first kappa shape index (κ1) is 23.2. The molecule has 1 aromatic heterocycles. The lowest BCUT2D eigenvalue weighted by Gasteiger charge is -2.30. The molecule has 3 rings (SSSR count). The zero-order valence-corrected chi connectivity index (χ0v) is 20.2. The average molecular weight is 516 g/mol. The molecule has 3 atom stereocenters. The number of benzene rings is 1. The molecule has 1 heterocycles. The molecule has 0 aliphatic heterocycles. The second-order valence-corrected chi connectivity index (χ2v) is 9.42. The van der Waals surface area contributed by atoms with Gasteiger partial charge in [-0.15, -0.1) is 24.0 Å². The van der Waals surface area contributed by atoms with E-state index in [0.717, 1.165) is 50.4 Å². The van der Waals surface area contributed by atoms with Gasteiger partial charge in [-0.25, -0.2) is 0 Å². The van der Waals surface area contributed by atoms with E-state index in [2.05, 4.69) is 51.9 Å². The highest BCUT2D eigenvalue weighted by Crippen LogP contribution is 2.23. The van der Waals surface area contributed by atoms with E-state index < -0.39 is 10.8 Å². The number of rotatable bonds is 6. The third-order valence-corrected chi connectivity index (χ3v) is 7.20. The van der Waals surface area contributed by atoms with Crippen LogP contribution in [0.3, 0.4) is 0 Å². The van der Waals surface area contributed by atoms with Crippen molar-refractivity contribution < 1.29 is 4.21 Å². The predicted octanol–water partition coefficient (Wildman–Crippen LogP) is 3.88. The standard InChI is InChI=1S/C21H32N4OS.HI/c1-4-27(26)18-7-5-6-17(13-18)25-21(22-3)23-11-10-16-14-24-20-12-15(2)8-9-19(16)20;/h8-9,12,14,17-18,24H,4-7,10-11,13H2,1-3H3,(H2,22,23,25);1H. The monoisotopic (exact) mass is 516 g/mol. The predicted molar refractivity (Wildman–Crippen MR) is 131 cm³/mol. The Labute approximate surface area is 188 Å². The Morgan fingerprint density at radius 2 is 2.18 bits per heavy atom. The van der Waals surface area contributed by atoms with E-state index in [4.69, 9.17) is 0 Å². The first-order valence-electron chi connectivity index (χ1n) is 10.0. The van der Waals surface area contributed by atoms with Crippen LogP contribution in [0.15, 0.2) is 29.4 Å². The number of hydrogen-bond acceptors (Lipinski definition) is 2. The number of halogens is 1. The summed E-state index contributed by atoms with van der Waals surface area (Å²) in [5.41, 5.74) is 3.79. The number of hydrogen-bond donors (Lipinski definition) is 3. The molecular formula is C21H33IN4OS. The first-order valence-corrected chi connectivity index (χ1v) is 11.4. The Hall–Kier alpha value is -1.09. The number of aromatic nitrogens is 1. The lowest BCUT2D eigenvalue weighted by molar-refractivity contribution is 0.413. The number of guanidine groups is 1. The molecule has 28 heavy (non-hydrogen) atoms. The fraction of sp³-hybridized carbons (Fsp3) is 0.571. The number of aliphatic imine (C=N–C) groups is 1. The van der Waals surface area contributed by atoms with Gasteiger partial charge in [0.15, 0.2) is 5.96 Å². The minimum absolute atomic E-state index is 0. The molecule has 0 saturated heterocycles. The summed E-state index contributed by atoms with van der Waals surface area (Å²) in [6.45, 7) is 4.96. The fourth-order valence-electron chi connectivity index (χ4n) is 3.96. The molecule has 0 amide bonds. The molecule has 1 aliphatic rings. The van der Waals surface area contributed by atoms with Crippen LogP contribution < -0.4 is 10.6 Å². The number of H-pyrrole nitrogens is 1. The van der Waals surface area contributed by atoms with Crippen molar-refractivity contribution >= 4 is 51.6 Å². The van der Waals surface area contributed by atoms with Crippen LogP contribution in [0, 0.1) is 6.92 Å². The highest BCUT2D eigenvalue weighted by Gasteiger charge is 2.25. The maximum Gasteiger partial charge on any atom is 0.191 e. The lowest BCUT2D eigenvalue weighted by atomic mass is 9.95. The van der Waals surface area contributed by atoms with Gasteiger partial charge in [0, 0.05) is 58.5 Å². The normalized spacial score (nSPS) is 21.2. The number of nitrogens with one attached hydrogen (secondary N) is 3. The van der Waals surface area contributed by atoms with Crippen LogP contribution in [-0.4, -0.2) is 45.8 Å². The van der Waals surface area contributed by atoms with Crippen LogP contribution in [-0.2, 0) is 17.2 Å². The van der Waals surface area contributed by atoms with Gasteiger partial charge in [-0.3, -0.25) is 9.20 Å². The zero-order chi connectivity index (χ0) is 19.2. The maximum absolute atomic E-state index is 12.1. The summed E-state index contributed by atoms with van der Waals surface area (Å²) in [5.74, 6) is 1.60. The number of fused-ring (bicyclic) bond motifs is 1. The Morgan fingerprint density at radius 3 is 2.93 bits per heavy atom. The van der Waals surface area contributed by atoms with E-state index in [1.54, 1.807) is 0 Å². The van der Waals surface area contributed by atoms with Crippen molar-refractivity contribution in [2.45, 2.75) is 57.2 Å². The summed E-state index contributed by atoms with van der Waals surface area (Å²) in [7, 11) is 1.12. The third kappa shape index (κ3) is 5.95. The van der Waals surface area contributed by atoms with Crippen molar-refractivity contribution in [3.63, 3.8) is 0 Å². The van der Waals surface area contributed by atoms with Crippen molar-refractivity contribution in [1.82, 2.24) is 15.6 Å². The van der Waals surface area contributed by atoms with Gasteiger partial charge in [-0.05, 0) is 49.8 Å². The van der Waals surface area contributed by atoms with E-state index >= 15 is 0 Å². The Balaban J connectivity index is 0.00000280. The van der Waals surface area contributed by atoms with Crippen LogP contribution in [0.4, 0.5) is 0 Å². The van der Waals surface area contributed by atoms with Gasteiger partial charge in [0.2, 0.25) is 0 Å². The molecule has 1 fully saturated rings. The van der Waals surface area contributed by atoms with E-state index in [0.29, 0.717) is 11.3 Å². The molecule has 156 valence electrons. The molecule has 1 aliphatic carbocycles. The van der Waals surface area contributed by atoms with Crippen LogP contribution in [0.5, 0.6) is 0 Å². The summed E-state index contributed by atoms with van der Waals surface area (Å²) in [4.78, 5) is 7.74. The van der Waals surface area contributed by atoms with Crippen LogP contribution in [0.1, 0.15) is 43.7 Å². The van der Waals surface area contributed by atoms with Gasteiger partial charge in [-0.1, -0.05) is 25.5 Å². The number of aryl methyl sites for hydroxylation is 1. The van der Waals surface area contributed by atoms with Crippen molar-refractivity contribution in [3.05, 3.63) is 35.5 Å². The van der Waals surface area contributed by atoms with Crippen molar-refractivity contribution in [3.8, 4) is 0 Å². The second-order valence-electron chi connectivity index (χ2n) is 7.41. The molecule has 0 bridgehead atoms. The minimum atomic E-state index is -0.696. The zero-order valence-electron chi connectivity index (χ0n) is 17.1. The van der Waals surface area contributed by atoms with Crippen LogP contribution in [0.2, 0.25) is 0 Å². The lowest BCUT2D eigenvalue weighted by Crippen LogP contribution is -2.47. The van der Waals surface area contributed by atoms with Gasteiger partial charge in [-0.2, -0.15) is 0 Å². The highest BCUT2D eigenvalue weighted by atomic mass is 127. The third-order valence-electron chi connectivity index (χ3n) is 5.46. The smallest absolute Gasteiger partial charge is 0.191 e. The SMILES string of the molecule is CCS(=O)C1CCCC(NC(=NC)NCCc2c[nH]c3cc(C)ccc23)C1.I. The number of aromatic amines is 1. The molecule has 3 N–H and O–H groups in total. The molecule has 1 saturated carbocycles. The van der Waals surface area contributed by atoms with Gasteiger partial charge in [0.05, 0.1) is 0 Å². The van der Waals surface area contributed by atoms with E-state index in [-0.39, 0.29) is 24.0 Å². The molecule has 0 spiro atoms. The molecule has 1 aromatic carbocycles. The summed E-state index contributed by atoms with van der Waals surface area (Å²) in [6.07, 6.45) is 7.37. The number of nitrogens with zero attached hydrogens (tertiary/aromatic N) is 1. The Morgan fingerprint density at radius 1 is 1.36 bits per heavy atom. The molecule has 7 heteroatoms. The van der Waals surface area contributed by atoms with Crippen molar-refractivity contribution in [2.75, 3.05) is 19.3 Å². The van der Waals surface area contributed by atoms with Gasteiger partial charge in [0.1, 0.15) is 0 Å². The summed E-state index contributed by atoms with van der Waals surface area (Å²) >= 11 is 0. The summed E-state index contributed by atoms with van der Waals surface area (Å²) in [5, 5.41) is 8.60. The average Bonchev–Trinajstić information content (AvgIpc) is 3.08. The second kappa shape index (κ2) is 11.2.